The van der Waals surface area contributed by atoms with E-state index in [9.17, 15) is 9.59 Å². The zero-order chi connectivity index (χ0) is 20.6. The highest BCUT2D eigenvalue weighted by atomic mass is 16.6. The molecule has 0 unspecified atom stereocenters. The maximum Gasteiger partial charge on any atom is 0.408 e. The van der Waals surface area contributed by atoms with Crippen molar-refractivity contribution in [3.8, 4) is 0 Å². The minimum atomic E-state index is -0.563. The fourth-order valence-electron chi connectivity index (χ4n) is 4.27. The molecule has 2 saturated heterocycles. The summed E-state index contributed by atoms with van der Waals surface area (Å²) in [5.74, 6) is 1.52. The molecule has 28 heavy (non-hydrogen) atoms. The average Bonchev–Trinajstić information content (AvgIpc) is 2.66. The molecule has 6 nitrogen and oxygen atoms in total. The van der Waals surface area contributed by atoms with Crippen molar-refractivity contribution in [1.82, 2.24) is 15.5 Å². The number of piperidine rings is 2. The first-order valence-electron chi connectivity index (χ1n) is 11.3. The highest BCUT2D eigenvalue weighted by Crippen LogP contribution is 2.23. The maximum atomic E-state index is 13.1. The lowest BCUT2D eigenvalue weighted by Gasteiger charge is -2.34. The standard InChI is InChI=1S/C22H41N3O3/c1-5-17-11-15-25(16-12-17)20(26)19(24-21(27)28-22(2,3)4)8-6-7-18-9-13-23-14-10-18/h17-19,23H,5-16H2,1-4H3,(H,24,27)/t19-/m0/s1. The summed E-state index contributed by atoms with van der Waals surface area (Å²) in [5, 5.41) is 6.27. The molecule has 2 aliphatic heterocycles. The molecule has 0 aromatic heterocycles. The van der Waals surface area contributed by atoms with Gasteiger partial charge >= 0.3 is 6.09 Å². The summed E-state index contributed by atoms with van der Waals surface area (Å²) in [6.45, 7) is 11.5. The molecule has 2 amide bonds. The molecule has 0 saturated carbocycles. The van der Waals surface area contributed by atoms with Crippen LogP contribution in [0.15, 0.2) is 0 Å². The van der Waals surface area contributed by atoms with Crippen LogP contribution in [0.5, 0.6) is 0 Å². The third-order valence-corrected chi connectivity index (χ3v) is 6.06. The molecular formula is C22H41N3O3. The highest BCUT2D eigenvalue weighted by molar-refractivity contribution is 5.85. The first-order valence-corrected chi connectivity index (χ1v) is 11.3. The van der Waals surface area contributed by atoms with E-state index in [1.54, 1.807) is 0 Å². The third-order valence-electron chi connectivity index (χ3n) is 6.06. The second-order valence-corrected chi connectivity index (χ2v) is 9.50. The molecule has 0 aliphatic carbocycles. The molecule has 1 atom stereocenters. The fraction of sp³-hybridized carbons (Fsp3) is 0.909. The summed E-state index contributed by atoms with van der Waals surface area (Å²) >= 11 is 0. The molecule has 0 radical (unpaired) electrons. The number of alkyl carbamates (subject to hydrolysis) is 1. The lowest BCUT2D eigenvalue weighted by atomic mass is 9.91. The number of carbonyl (C=O) groups excluding carboxylic acids is 2. The predicted octanol–water partition coefficient (Wildman–Crippen LogP) is 3.70. The molecule has 2 aliphatic rings. The van der Waals surface area contributed by atoms with E-state index < -0.39 is 17.7 Å². The van der Waals surface area contributed by atoms with Crippen LogP contribution in [0.1, 0.15) is 79.1 Å². The largest absolute Gasteiger partial charge is 0.444 e. The summed E-state index contributed by atoms with van der Waals surface area (Å²) < 4.78 is 5.41. The normalized spacial score (nSPS) is 20.6. The van der Waals surface area contributed by atoms with Crippen LogP contribution in [0, 0.1) is 11.8 Å². The maximum absolute atomic E-state index is 13.1. The lowest BCUT2D eigenvalue weighted by molar-refractivity contribution is -0.135. The summed E-state index contributed by atoms with van der Waals surface area (Å²) in [4.78, 5) is 27.4. The smallest absolute Gasteiger partial charge is 0.408 e. The van der Waals surface area contributed by atoms with Gasteiger partial charge in [-0.2, -0.15) is 0 Å². The molecule has 0 aromatic rings. The lowest BCUT2D eigenvalue weighted by Crippen LogP contribution is -2.51. The Labute approximate surface area is 171 Å². The van der Waals surface area contributed by atoms with Crippen molar-refractivity contribution in [2.45, 2.75) is 90.7 Å². The number of nitrogens with one attached hydrogen (secondary N) is 2. The monoisotopic (exact) mass is 395 g/mol. The van der Waals surface area contributed by atoms with E-state index in [1.165, 1.54) is 19.3 Å². The van der Waals surface area contributed by atoms with E-state index in [0.29, 0.717) is 6.42 Å². The molecule has 162 valence electrons. The third kappa shape index (κ3) is 7.98. The van der Waals surface area contributed by atoms with E-state index >= 15 is 0 Å². The van der Waals surface area contributed by atoms with Crippen LogP contribution in [0.3, 0.4) is 0 Å². The number of amides is 2. The molecule has 0 spiro atoms. The number of ether oxygens (including phenoxy) is 1. The first-order chi connectivity index (χ1) is 13.3. The Kier molecular flexibility index (Phi) is 9.06. The van der Waals surface area contributed by atoms with E-state index in [4.69, 9.17) is 4.74 Å². The van der Waals surface area contributed by atoms with Gasteiger partial charge in [0.15, 0.2) is 0 Å². The van der Waals surface area contributed by atoms with Crippen LogP contribution in [0.2, 0.25) is 0 Å². The van der Waals surface area contributed by atoms with Crippen molar-refractivity contribution in [2.24, 2.45) is 11.8 Å². The van der Waals surface area contributed by atoms with Crippen molar-refractivity contribution in [3.63, 3.8) is 0 Å². The minimum Gasteiger partial charge on any atom is -0.444 e. The minimum absolute atomic E-state index is 0.0609. The SMILES string of the molecule is CCC1CCN(C(=O)[C@H](CCCC2CCNCC2)NC(=O)OC(C)(C)C)CC1. The second-order valence-electron chi connectivity index (χ2n) is 9.50. The Morgan fingerprint density at radius 3 is 2.32 bits per heavy atom. The number of likely N-dealkylation sites (tertiary alicyclic amines) is 1. The van der Waals surface area contributed by atoms with Crippen molar-refractivity contribution in [2.75, 3.05) is 26.2 Å². The van der Waals surface area contributed by atoms with E-state index in [-0.39, 0.29) is 5.91 Å². The van der Waals surface area contributed by atoms with Gasteiger partial charge in [0.25, 0.3) is 0 Å². The quantitative estimate of drug-likeness (QED) is 0.689. The van der Waals surface area contributed by atoms with Crippen LogP contribution in [0.4, 0.5) is 4.79 Å². The summed E-state index contributed by atoms with van der Waals surface area (Å²) in [6.07, 6.45) is 8.02. The zero-order valence-corrected chi connectivity index (χ0v) is 18.4. The summed E-state index contributed by atoms with van der Waals surface area (Å²) in [6, 6.07) is -0.477. The number of hydrogen-bond donors (Lipinski definition) is 2. The first kappa shape index (κ1) is 23.0. The molecule has 2 heterocycles. The van der Waals surface area contributed by atoms with Crippen LogP contribution in [-0.2, 0) is 9.53 Å². The number of nitrogens with zero attached hydrogens (tertiary/aromatic N) is 1. The van der Waals surface area contributed by atoms with E-state index in [1.807, 2.05) is 25.7 Å². The van der Waals surface area contributed by atoms with Gasteiger partial charge in [-0.25, -0.2) is 4.79 Å². The Balaban J connectivity index is 1.90. The molecule has 6 heteroatoms. The number of hydrogen-bond acceptors (Lipinski definition) is 4. The van der Waals surface area contributed by atoms with Gasteiger partial charge in [-0.05, 0) is 77.8 Å². The number of rotatable bonds is 7. The van der Waals surface area contributed by atoms with Crippen LogP contribution in [-0.4, -0.2) is 54.7 Å². The van der Waals surface area contributed by atoms with Gasteiger partial charge in [0.2, 0.25) is 5.91 Å². The Bertz CT molecular complexity index is 490. The summed E-state index contributed by atoms with van der Waals surface area (Å²) in [5.41, 5.74) is -0.563. The fourth-order valence-corrected chi connectivity index (χ4v) is 4.27. The van der Waals surface area contributed by atoms with Gasteiger partial charge in [-0.1, -0.05) is 26.2 Å². The van der Waals surface area contributed by atoms with Crippen molar-refractivity contribution in [1.29, 1.82) is 0 Å². The average molecular weight is 396 g/mol. The number of carbonyl (C=O) groups is 2. The van der Waals surface area contributed by atoms with Gasteiger partial charge in [0.05, 0.1) is 0 Å². The molecule has 2 fully saturated rings. The zero-order valence-electron chi connectivity index (χ0n) is 18.4. The molecule has 2 N–H and O–H groups in total. The van der Waals surface area contributed by atoms with Gasteiger partial charge in [0, 0.05) is 13.1 Å². The molecule has 0 bridgehead atoms. The Hall–Kier alpha value is -1.30. The van der Waals surface area contributed by atoms with Crippen LogP contribution in [0.25, 0.3) is 0 Å². The van der Waals surface area contributed by atoms with Gasteiger partial charge in [-0.15, -0.1) is 0 Å². The second kappa shape index (κ2) is 11.0. The predicted molar refractivity (Wildman–Crippen MR) is 112 cm³/mol. The van der Waals surface area contributed by atoms with E-state index in [2.05, 4.69) is 17.6 Å². The van der Waals surface area contributed by atoms with Crippen LogP contribution < -0.4 is 10.6 Å². The Morgan fingerprint density at radius 1 is 1.11 bits per heavy atom. The molecule has 0 aromatic carbocycles. The molecular weight excluding hydrogens is 354 g/mol. The topological polar surface area (TPSA) is 70.7 Å². The van der Waals surface area contributed by atoms with Gasteiger partial charge < -0.3 is 20.3 Å². The van der Waals surface area contributed by atoms with Crippen molar-refractivity contribution >= 4 is 12.0 Å². The Morgan fingerprint density at radius 2 is 1.75 bits per heavy atom. The van der Waals surface area contributed by atoms with Crippen molar-refractivity contribution in [3.05, 3.63) is 0 Å². The van der Waals surface area contributed by atoms with Gasteiger partial charge in [0.1, 0.15) is 11.6 Å². The van der Waals surface area contributed by atoms with Crippen molar-refractivity contribution < 1.29 is 14.3 Å². The van der Waals surface area contributed by atoms with Gasteiger partial charge in [-0.3, -0.25) is 4.79 Å². The highest BCUT2D eigenvalue weighted by Gasteiger charge is 2.30. The van der Waals surface area contributed by atoms with Crippen LogP contribution >= 0.6 is 0 Å². The molecule has 2 rings (SSSR count). The van der Waals surface area contributed by atoms with E-state index in [0.717, 1.165) is 63.7 Å². The summed E-state index contributed by atoms with van der Waals surface area (Å²) in [7, 11) is 0.